The third-order valence-electron chi connectivity index (χ3n) is 4.10. The summed E-state index contributed by atoms with van der Waals surface area (Å²) < 4.78 is 27.7. The van der Waals surface area contributed by atoms with Crippen LogP contribution in [0.4, 0.5) is 5.13 Å². The van der Waals surface area contributed by atoms with E-state index in [4.69, 9.17) is 0 Å². The Morgan fingerprint density at radius 2 is 2.07 bits per heavy atom. The number of nitrogens with zero attached hydrogens (tertiary/aromatic N) is 3. The maximum atomic E-state index is 12.7. The Bertz CT molecular complexity index is 892. The molecule has 1 aromatic carbocycles. The maximum absolute atomic E-state index is 12.7. The number of rotatable bonds is 9. The van der Waals surface area contributed by atoms with E-state index in [0.717, 1.165) is 29.4 Å². The summed E-state index contributed by atoms with van der Waals surface area (Å²) in [6.45, 7) is 3.22. The van der Waals surface area contributed by atoms with Crippen molar-refractivity contribution < 1.29 is 13.2 Å². The summed E-state index contributed by atoms with van der Waals surface area (Å²) in [5, 5.41) is 11.7. The largest absolute Gasteiger partial charge is 0.353 e. The third-order valence-corrected chi connectivity index (χ3v) is 8.21. The lowest BCUT2D eigenvalue weighted by Crippen LogP contribution is -2.28. The molecular formula is C17H22N4O3S3. The van der Waals surface area contributed by atoms with Crippen LogP contribution in [0.15, 0.2) is 33.5 Å². The Kier molecular flexibility index (Phi) is 6.85. The molecule has 146 valence electrons. The van der Waals surface area contributed by atoms with Crippen LogP contribution in [0, 0.1) is 0 Å². The number of carbonyl (C=O) groups excluding carboxylic acids is 1. The first-order valence-electron chi connectivity index (χ1n) is 8.84. The zero-order chi connectivity index (χ0) is 19.3. The Labute approximate surface area is 167 Å². The quantitative estimate of drug-likeness (QED) is 0.486. The van der Waals surface area contributed by atoms with Gasteiger partial charge < -0.3 is 5.32 Å². The lowest BCUT2D eigenvalue weighted by Gasteiger charge is -2.15. The van der Waals surface area contributed by atoms with E-state index >= 15 is 0 Å². The summed E-state index contributed by atoms with van der Waals surface area (Å²) in [5.41, 5.74) is 0.368. The van der Waals surface area contributed by atoms with Gasteiger partial charge in [0.05, 0.1) is 11.4 Å². The average Bonchev–Trinajstić information content (AvgIpc) is 3.37. The molecule has 27 heavy (non-hydrogen) atoms. The van der Waals surface area contributed by atoms with Crippen molar-refractivity contribution in [2.75, 3.05) is 30.7 Å². The molecule has 1 N–H and O–H groups in total. The van der Waals surface area contributed by atoms with E-state index in [1.165, 1.54) is 21.7 Å². The lowest BCUT2D eigenvalue weighted by atomic mass is 10.1. The summed E-state index contributed by atoms with van der Waals surface area (Å²) in [6, 6.07) is 6.25. The number of hydrogen-bond acceptors (Lipinski definition) is 8. The van der Waals surface area contributed by atoms with Crippen LogP contribution in [0.25, 0.3) is 0 Å². The number of sulfonamides is 1. The Balaban J connectivity index is 1.64. The van der Waals surface area contributed by atoms with Crippen molar-refractivity contribution in [3.05, 3.63) is 29.8 Å². The molecule has 1 aliphatic rings. The lowest BCUT2D eigenvalue weighted by molar-refractivity contribution is 0.101. The number of Topliss-reactive ketones (excluding diaryl/α,β-unsaturated/α-hetero) is 1. The smallest absolute Gasteiger partial charge is 0.243 e. The van der Waals surface area contributed by atoms with Gasteiger partial charge in [-0.1, -0.05) is 42.2 Å². The SMILES string of the molecule is CCCSc1nnc(NCC(=O)c2cccc(S(=O)(=O)N3CCCC3)c2)s1. The van der Waals surface area contributed by atoms with Gasteiger partial charge in [-0.3, -0.25) is 4.79 Å². The molecule has 1 aromatic heterocycles. The monoisotopic (exact) mass is 426 g/mol. The van der Waals surface area contributed by atoms with Gasteiger partial charge >= 0.3 is 0 Å². The number of thioether (sulfide) groups is 1. The minimum atomic E-state index is -3.53. The van der Waals surface area contributed by atoms with Crippen LogP contribution in [0.1, 0.15) is 36.5 Å². The molecule has 2 aromatic rings. The molecule has 0 amide bonds. The van der Waals surface area contributed by atoms with E-state index < -0.39 is 10.0 Å². The van der Waals surface area contributed by atoms with Crippen molar-refractivity contribution >= 4 is 44.0 Å². The van der Waals surface area contributed by atoms with Gasteiger partial charge in [-0.2, -0.15) is 4.31 Å². The zero-order valence-electron chi connectivity index (χ0n) is 15.1. The van der Waals surface area contributed by atoms with E-state index in [1.54, 1.807) is 30.0 Å². The topological polar surface area (TPSA) is 92.3 Å². The van der Waals surface area contributed by atoms with Crippen LogP contribution in [-0.2, 0) is 10.0 Å². The summed E-state index contributed by atoms with van der Waals surface area (Å²) in [5.74, 6) is 0.790. The van der Waals surface area contributed by atoms with E-state index in [9.17, 15) is 13.2 Å². The van der Waals surface area contributed by atoms with Crippen molar-refractivity contribution in [2.24, 2.45) is 0 Å². The second-order valence-corrected chi connectivity index (χ2v) is 10.4. The fraction of sp³-hybridized carbons (Fsp3) is 0.471. The number of aromatic nitrogens is 2. The van der Waals surface area contributed by atoms with Crippen molar-refractivity contribution in [1.82, 2.24) is 14.5 Å². The van der Waals surface area contributed by atoms with Gasteiger partial charge in [-0.05, 0) is 31.4 Å². The first-order valence-corrected chi connectivity index (χ1v) is 12.1. The first kappa shape index (κ1) is 20.2. The number of hydrogen-bond donors (Lipinski definition) is 1. The molecule has 3 rings (SSSR count). The Hall–Kier alpha value is -1.49. The number of ketones is 1. The highest BCUT2D eigenvalue weighted by Crippen LogP contribution is 2.26. The predicted molar refractivity (Wildman–Crippen MR) is 108 cm³/mol. The Morgan fingerprint density at radius 1 is 1.30 bits per heavy atom. The standard InChI is InChI=1S/C17H22N4O3S3/c1-2-10-25-17-20-19-16(26-17)18-12-15(22)13-6-5-7-14(11-13)27(23,24)21-8-3-4-9-21/h5-7,11H,2-4,8-10,12H2,1H3,(H,18,19). The normalized spacial score (nSPS) is 15.1. The highest BCUT2D eigenvalue weighted by atomic mass is 32.2. The van der Waals surface area contributed by atoms with E-state index in [2.05, 4.69) is 22.4 Å². The molecule has 0 unspecified atom stereocenters. The van der Waals surface area contributed by atoms with Crippen LogP contribution in [-0.4, -0.2) is 54.1 Å². The highest BCUT2D eigenvalue weighted by Gasteiger charge is 2.27. The molecule has 0 saturated carbocycles. The molecule has 0 spiro atoms. The second kappa shape index (κ2) is 9.13. The maximum Gasteiger partial charge on any atom is 0.243 e. The minimum absolute atomic E-state index is 0.0420. The van der Waals surface area contributed by atoms with Crippen LogP contribution in [0.5, 0.6) is 0 Å². The van der Waals surface area contributed by atoms with Crippen LogP contribution in [0.2, 0.25) is 0 Å². The van der Waals surface area contributed by atoms with Gasteiger partial charge in [-0.15, -0.1) is 10.2 Å². The summed E-state index contributed by atoms with van der Waals surface area (Å²) in [7, 11) is -3.53. The van der Waals surface area contributed by atoms with Gasteiger partial charge in [0, 0.05) is 24.4 Å². The van der Waals surface area contributed by atoms with Gasteiger partial charge in [0.2, 0.25) is 15.2 Å². The van der Waals surface area contributed by atoms with E-state index in [0.29, 0.717) is 23.8 Å². The summed E-state index contributed by atoms with van der Waals surface area (Å²) >= 11 is 3.05. The molecule has 7 nitrogen and oxygen atoms in total. The average molecular weight is 427 g/mol. The predicted octanol–water partition coefficient (Wildman–Crippen LogP) is 3.12. The zero-order valence-corrected chi connectivity index (χ0v) is 17.5. The highest BCUT2D eigenvalue weighted by molar-refractivity contribution is 8.01. The van der Waals surface area contributed by atoms with Gasteiger partial charge in [0.1, 0.15) is 0 Å². The summed E-state index contributed by atoms with van der Waals surface area (Å²) in [4.78, 5) is 12.6. The fourth-order valence-corrected chi connectivity index (χ4v) is 5.93. The molecule has 2 heterocycles. The van der Waals surface area contributed by atoms with Crippen LogP contribution >= 0.6 is 23.1 Å². The van der Waals surface area contributed by atoms with Gasteiger partial charge in [-0.25, -0.2) is 8.42 Å². The van der Waals surface area contributed by atoms with E-state index in [1.807, 2.05) is 0 Å². The summed E-state index contributed by atoms with van der Waals surface area (Å²) in [6.07, 6.45) is 2.81. The minimum Gasteiger partial charge on any atom is -0.353 e. The fourth-order valence-electron chi connectivity index (χ4n) is 2.69. The number of carbonyl (C=O) groups is 1. The number of anilines is 1. The van der Waals surface area contributed by atoms with Gasteiger partial charge in [0.25, 0.3) is 0 Å². The molecule has 10 heteroatoms. The van der Waals surface area contributed by atoms with Crippen LogP contribution < -0.4 is 5.32 Å². The van der Waals surface area contributed by atoms with Crippen molar-refractivity contribution in [3.8, 4) is 0 Å². The third kappa shape index (κ3) is 5.07. The van der Waals surface area contributed by atoms with Gasteiger partial charge in [0.15, 0.2) is 10.1 Å². The molecule has 0 radical (unpaired) electrons. The molecule has 0 bridgehead atoms. The second-order valence-electron chi connectivity index (χ2n) is 6.14. The first-order chi connectivity index (χ1) is 13.0. The molecule has 1 saturated heterocycles. The Morgan fingerprint density at radius 3 is 2.81 bits per heavy atom. The van der Waals surface area contributed by atoms with Crippen molar-refractivity contribution in [2.45, 2.75) is 35.4 Å². The molecule has 1 aliphatic heterocycles. The molecule has 0 aliphatic carbocycles. The van der Waals surface area contributed by atoms with Crippen molar-refractivity contribution in [1.29, 1.82) is 0 Å². The molecular weight excluding hydrogens is 404 g/mol. The van der Waals surface area contributed by atoms with Crippen LogP contribution in [0.3, 0.4) is 0 Å². The molecule has 1 fully saturated rings. The number of nitrogens with one attached hydrogen (secondary N) is 1. The van der Waals surface area contributed by atoms with E-state index in [-0.39, 0.29) is 17.2 Å². The number of benzene rings is 1. The molecule has 0 atom stereocenters. The van der Waals surface area contributed by atoms with Crippen molar-refractivity contribution in [3.63, 3.8) is 0 Å².